The normalized spacial score (nSPS) is 15.9. The van der Waals surface area contributed by atoms with Crippen LogP contribution in [0.1, 0.15) is 35.3 Å². The van der Waals surface area contributed by atoms with Crippen molar-refractivity contribution in [3.05, 3.63) is 69.4 Å². The molecule has 0 spiro atoms. The van der Waals surface area contributed by atoms with Crippen LogP contribution in [0.3, 0.4) is 0 Å². The summed E-state index contributed by atoms with van der Waals surface area (Å²) in [6.07, 6.45) is 5.76. The van der Waals surface area contributed by atoms with Crippen LogP contribution in [-0.4, -0.2) is 39.3 Å². The summed E-state index contributed by atoms with van der Waals surface area (Å²) in [4.78, 5) is 36.1. The number of piperidine rings is 1. The first-order valence-electron chi connectivity index (χ1n) is 10.2. The molecule has 2 aromatic heterocycles. The third-order valence-corrected chi connectivity index (χ3v) is 6.75. The van der Waals surface area contributed by atoms with Crippen molar-refractivity contribution in [1.82, 2.24) is 20.2 Å². The van der Waals surface area contributed by atoms with Crippen molar-refractivity contribution in [2.75, 3.05) is 11.9 Å². The number of anilines is 2. The maximum atomic E-state index is 13.2. The summed E-state index contributed by atoms with van der Waals surface area (Å²) in [5.41, 5.74) is 1.81. The van der Waals surface area contributed by atoms with Gasteiger partial charge in [0.15, 0.2) is 5.13 Å². The molecule has 1 aliphatic heterocycles. The highest BCUT2D eigenvalue weighted by Gasteiger charge is 2.33. The lowest BCUT2D eigenvalue weighted by Crippen LogP contribution is -2.51. The van der Waals surface area contributed by atoms with Gasteiger partial charge >= 0.3 is 0 Å². The molecule has 3 aromatic rings. The molecule has 0 saturated carbocycles. The number of hydrogen-bond donors (Lipinski definition) is 2. The van der Waals surface area contributed by atoms with Crippen LogP contribution in [-0.2, 0) is 11.3 Å². The van der Waals surface area contributed by atoms with Gasteiger partial charge in [-0.25, -0.2) is 4.98 Å². The Labute approximate surface area is 199 Å². The van der Waals surface area contributed by atoms with E-state index in [9.17, 15) is 9.59 Å². The van der Waals surface area contributed by atoms with Crippen molar-refractivity contribution in [3.8, 4) is 0 Å². The number of hydrogen-bond acceptors (Lipinski definition) is 6. The van der Waals surface area contributed by atoms with E-state index in [1.54, 1.807) is 40.9 Å². The standard InChI is InChI=1S/C22H21Cl2N5O2S/c23-15-6-3-7-16(19(15)24)27-22-28-17(13-32-22)21(31)29-10-2-1-8-18(29)20(30)26-12-14-5-4-9-25-11-14/h3-7,9,11,13,18H,1-2,8,10,12H2,(H,26,30)(H,27,28). The number of carbonyl (C=O) groups is 2. The Balaban J connectivity index is 1.44. The smallest absolute Gasteiger partial charge is 0.274 e. The summed E-state index contributed by atoms with van der Waals surface area (Å²) >= 11 is 13.6. The van der Waals surface area contributed by atoms with Crippen molar-refractivity contribution in [2.24, 2.45) is 0 Å². The zero-order valence-corrected chi connectivity index (χ0v) is 19.4. The van der Waals surface area contributed by atoms with Gasteiger partial charge < -0.3 is 15.5 Å². The molecule has 2 N–H and O–H groups in total. The van der Waals surface area contributed by atoms with Crippen LogP contribution >= 0.6 is 34.5 Å². The van der Waals surface area contributed by atoms with E-state index < -0.39 is 6.04 Å². The van der Waals surface area contributed by atoms with Crippen molar-refractivity contribution >= 4 is 57.2 Å². The molecule has 1 unspecified atom stereocenters. The number of amides is 2. The Morgan fingerprint density at radius 2 is 2.06 bits per heavy atom. The third kappa shape index (κ3) is 5.20. The number of nitrogens with zero attached hydrogens (tertiary/aromatic N) is 3. The maximum Gasteiger partial charge on any atom is 0.274 e. The topological polar surface area (TPSA) is 87.2 Å². The number of aromatic nitrogens is 2. The molecule has 10 heteroatoms. The molecule has 166 valence electrons. The predicted molar refractivity (Wildman–Crippen MR) is 127 cm³/mol. The van der Waals surface area contributed by atoms with Crippen LogP contribution < -0.4 is 10.6 Å². The van der Waals surface area contributed by atoms with Crippen molar-refractivity contribution in [3.63, 3.8) is 0 Å². The molecule has 0 aliphatic carbocycles. The summed E-state index contributed by atoms with van der Waals surface area (Å²) in [5, 5.41) is 9.04. The van der Waals surface area contributed by atoms with Crippen LogP contribution in [0.4, 0.5) is 10.8 Å². The van der Waals surface area contributed by atoms with Crippen LogP contribution in [0.2, 0.25) is 10.0 Å². The number of rotatable bonds is 6. The summed E-state index contributed by atoms with van der Waals surface area (Å²) in [6, 6.07) is 8.45. The first kappa shape index (κ1) is 22.5. The number of pyridine rings is 1. The van der Waals surface area contributed by atoms with Gasteiger partial charge in [-0.3, -0.25) is 14.6 Å². The van der Waals surface area contributed by atoms with E-state index in [2.05, 4.69) is 20.6 Å². The minimum atomic E-state index is -0.520. The molecule has 2 amide bonds. The summed E-state index contributed by atoms with van der Waals surface area (Å²) in [7, 11) is 0. The Bertz CT molecular complexity index is 1110. The van der Waals surface area contributed by atoms with Crippen molar-refractivity contribution < 1.29 is 9.59 Å². The van der Waals surface area contributed by atoms with E-state index in [-0.39, 0.29) is 11.8 Å². The second-order valence-electron chi connectivity index (χ2n) is 7.35. The molecule has 7 nitrogen and oxygen atoms in total. The number of nitrogens with one attached hydrogen (secondary N) is 2. The number of likely N-dealkylation sites (tertiary alicyclic amines) is 1. The summed E-state index contributed by atoms with van der Waals surface area (Å²) < 4.78 is 0. The fourth-order valence-electron chi connectivity index (χ4n) is 3.55. The number of halogens is 2. The monoisotopic (exact) mass is 489 g/mol. The highest BCUT2D eigenvalue weighted by atomic mass is 35.5. The third-order valence-electron chi connectivity index (χ3n) is 5.17. The fraction of sp³-hybridized carbons (Fsp3) is 0.273. The SMILES string of the molecule is O=C(NCc1cccnc1)C1CCCCN1C(=O)c1csc(Nc2cccc(Cl)c2Cl)n1. The average molecular weight is 490 g/mol. The van der Waals surface area contributed by atoms with Gasteiger partial charge in [0.25, 0.3) is 5.91 Å². The zero-order valence-electron chi connectivity index (χ0n) is 17.1. The van der Waals surface area contributed by atoms with Gasteiger partial charge in [0.05, 0.1) is 15.7 Å². The lowest BCUT2D eigenvalue weighted by molar-refractivity contribution is -0.126. The second kappa shape index (κ2) is 10.3. The molecule has 32 heavy (non-hydrogen) atoms. The minimum absolute atomic E-state index is 0.166. The van der Waals surface area contributed by atoms with E-state index >= 15 is 0 Å². The lowest BCUT2D eigenvalue weighted by Gasteiger charge is -2.34. The van der Waals surface area contributed by atoms with Crippen LogP contribution in [0.5, 0.6) is 0 Å². The molecule has 1 aromatic carbocycles. The number of carbonyl (C=O) groups excluding carboxylic acids is 2. The molecule has 0 bridgehead atoms. The van der Waals surface area contributed by atoms with Gasteiger partial charge in [-0.1, -0.05) is 35.3 Å². The van der Waals surface area contributed by atoms with Gasteiger partial charge in [0.2, 0.25) is 5.91 Å². The largest absolute Gasteiger partial charge is 0.350 e. The van der Waals surface area contributed by atoms with E-state index in [1.807, 2.05) is 12.1 Å². The molecule has 1 aliphatic rings. The molecule has 1 atom stereocenters. The predicted octanol–water partition coefficient (Wildman–Crippen LogP) is 4.90. The first-order valence-corrected chi connectivity index (χ1v) is 11.8. The first-order chi connectivity index (χ1) is 15.5. The van der Waals surface area contributed by atoms with E-state index in [0.717, 1.165) is 18.4 Å². The van der Waals surface area contributed by atoms with E-state index in [4.69, 9.17) is 23.2 Å². The number of thiazole rings is 1. The Kier molecular flexibility index (Phi) is 7.24. The zero-order chi connectivity index (χ0) is 22.5. The van der Waals surface area contributed by atoms with E-state index in [0.29, 0.717) is 46.1 Å². The second-order valence-corrected chi connectivity index (χ2v) is 9.00. The molecule has 0 radical (unpaired) electrons. The highest BCUT2D eigenvalue weighted by Crippen LogP contribution is 2.33. The molecule has 1 saturated heterocycles. The van der Waals surface area contributed by atoms with Crippen LogP contribution in [0, 0.1) is 0 Å². The molecule has 1 fully saturated rings. The van der Waals surface area contributed by atoms with Crippen LogP contribution in [0.25, 0.3) is 0 Å². The van der Waals surface area contributed by atoms with Gasteiger partial charge in [0, 0.05) is 30.9 Å². The summed E-state index contributed by atoms with van der Waals surface area (Å²) in [6.45, 7) is 0.889. The fourth-order valence-corrected chi connectivity index (χ4v) is 4.59. The average Bonchev–Trinajstić information content (AvgIpc) is 3.29. The quantitative estimate of drug-likeness (QED) is 0.513. The lowest BCUT2D eigenvalue weighted by atomic mass is 10.0. The molecule has 4 rings (SSSR count). The molecule has 3 heterocycles. The van der Waals surface area contributed by atoms with Gasteiger partial charge in [-0.15, -0.1) is 11.3 Å². The van der Waals surface area contributed by atoms with Crippen LogP contribution in [0.15, 0.2) is 48.1 Å². The summed E-state index contributed by atoms with van der Waals surface area (Å²) in [5.74, 6) is -0.422. The molecular formula is C22H21Cl2N5O2S. The van der Waals surface area contributed by atoms with Crippen molar-refractivity contribution in [1.29, 1.82) is 0 Å². The van der Waals surface area contributed by atoms with E-state index in [1.165, 1.54) is 11.3 Å². The Morgan fingerprint density at radius 1 is 1.19 bits per heavy atom. The van der Waals surface area contributed by atoms with Gasteiger partial charge in [-0.05, 0) is 43.0 Å². The molecular weight excluding hydrogens is 469 g/mol. The van der Waals surface area contributed by atoms with Gasteiger partial charge in [-0.2, -0.15) is 0 Å². The van der Waals surface area contributed by atoms with Crippen molar-refractivity contribution in [2.45, 2.75) is 31.8 Å². The Morgan fingerprint density at radius 3 is 2.88 bits per heavy atom. The number of benzene rings is 1. The maximum absolute atomic E-state index is 13.2. The Hall–Kier alpha value is -2.68. The minimum Gasteiger partial charge on any atom is -0.350 e. The van der Waals surface area contributed by atoms with Gasteiger partial charge in [0.1, 0.15) is 11.7 Å². The highest BCUT2D eigenvalue weighted by molar-refractivity contribution is 7.14.